The second-order valence-electron chi connectivity index (χ2n) is 4.96. The van der Waals surface area contributed by atoms with E-state index < -0.39 is 0 Å². The van der Waals surface area contributed by atoms with Crippen molar-refractivity contribution in [1.82, 2.24) is 15.3 Å². The summed E-state index contributed by atoms with van der Waals surface area (Å²) in [5.74, 6) is 1.07. The molecule has 0 spiro atoms. The molecular formula is C14H19N3S. The molecule has 0 radical (unpaired) electrons. The Morgan fingerprint density at radius 3 is 3.22 bits per heavy atom. The lowest BCUT2D eigenvalue weighted by molar-refractivity contribution is 0.524. The van der Waals surface area contributed by atoms with E-state index in [4.69, 9.17) is 4.98 Å². The van der Waals surface area contributed by atoms with Gasteiger partial charge in [-0.3, -0.25) is 0 Å². The first-order valence-corrected chi connectivity index (χ1v) is 7.53. The first-order chi connectivity index (χ1) is 8.78. The van der Waals surface area contributed by atoms with Gasteiger partial charge in [0.25, 0.3) is 0 Å². The second kappa shape index (κ2) is 4.86. The van der Waals surface area contributed by atoms with Gasteiger partial charge in [-0.25, -0.2) is 4.98 Å². The summed E-state index contributed by atoms with van der Waals surface area (Å²) in [5, 5.41) is 5.66. The molecule has 0 amide bonds. The van der Waals surface area contributed by atoms with Crippen molar-refractivity contribution in [2.45, 2.75) is 45.7 Å². The lowest BCUT2D eigenvalue weighted by Gasteiger charge is -2.09. The molecule has 2 aromatic rings. The van der Waals surface area contributed by atoms with Gasteiger partial charge in [-0.15, -0.1) is 11.3 Å². The highest BCUT2D eigenvalue weighted by atomic mass is 32.1. The molecule has 1 atom stereocenters. The Morgan fingerprint density at radius 1 is 1.50 bits per heavy atom. The minimum absolute atomic E-state index is 0.545. The summed E-state index contributed by atoms with van der Waals surface area (Å²) >= 11 is 1.85. The number of aryl methyl sites for hydroxylation is 2. The fourth-order valence-corrected chi connectivity index (χ4v) is 3.23. The van der Waals surface area contributed by atoms with E-state index in [0.717, 1.165) is 31.6 Å². The molecule has 0 aromatic carbocycles. The summed E-state index contributed by atoms with van der Waals surface area (Å²) in [6, 6.07) is 2.74. The van der Waals surface area contributed by atoms with Crippen molar-refractivity contribution in [2.75, 3.05) is 0 Å². The summed E-state index contributed by atoms with van der Waals surface area (Å²) in [5.41, 5.74) is 3.83. The van der Waals surface area contributed by atoms with Crippen molar-refractivity contribution in [1.29, 1.82) is 0 Å². The van der Waals surface area contributed by atoms with Crippen LogP contribution >= 0.6 is 11.3 Å². The fraction of sp³-hybridized carbons (Fsp3) is 0.500. The number of hydrogen-bond acceptors (Lipinski definition) is 3. The predicted molar refractivity (Wildman–Crippen MR) is 75.9 cm³/mol. The molecule has 0 bridgehead atoms. The Labute approximate surface area is 112 Å². The van der Waals surface area contributed by atoms with E-state index in [9.17, 15) is 0 Å². The van der Waals surface area contributed by atoms with E-state index >= 15 is 0 Å². The standard InChI is InChI=1S/C14H19N3S/c1-3-9(2)15-8-13-16-11-4-5-12-10(6-7-18-12)14(11)17-13/h6-7,9,15H,3-5,8H2,1-2H3,(H,16,17). The number of thiophene rings is 1. The highest BCUT2D eigenvalue weighted by molar-refractivity contribution is 7.10. The van der Waals surface area contributed by atoms with E-state index in [1.165, 1.54) is 21.8 Å². The topological polar surface area (TPSA) is 40.7 Å². The molecule has 96 valence electrons. The molecule has 2 N–H and O–H groups in total. The Hall–Kier alpha value is -1.13. The Bertz CT molecular complexity index is 541. The second-order valence-corrected chi connectivity index (χ2v) is 5.96. The van der Waals surface area contributed by atoms with E-state index in [1.807, 2.05) is 11.3 Å². The Morgan fingerprint density at radius 2 is 2.39 bits per heavy atom. The molecule has 4 heteroatoms. The van der Waals surface area contributed by atoms with Crippen molar-refractivity contribution in [2.24, 2.45) is 0 Å². The van der Waals surface area contributed by atoms with E-state index in [2.05, 4.69) is 35.6 Å². The first kappa shape index (κ1) is 11.9. The largest absolute Gasteiger partial charge is 0.344 e. The maximum Gasteiger partial charge on any atom is 0.121 e. The number of nitrogens with zero attached hydrogens (tertiary/aromatic N) is 1. The van der Waals surface area contributed by atoms with E-state index in [1.54, 1.807) is 0 Å². The quantitative estimate of drug-likeness (QED) is 0.887. The van der Waals surface area contributed by atoms with Gasteiger partial charge in [-0.2, -0.15) is 0 Å². The zero-order valence-electron chi connectivity index (χ0n) is 10.9. The third-order valence-corrected chi connectivity index (χ3v) is 4.64. The number of imidazole rings is 1. The number of aromatic nitrogens is 2. The zero-order valence-corrected chi connectivity index (χ0v) is 11.7. The molecule has 0 saturated carbocycles. The van der Waals surface area contributed by atoms with Gasteiger partial charge in [-0.05, 0) is 37.6 Å². The summed E-state index contributed by atoms with van der Waals surface area (Å²) < 4.78 is 0. The SMILES string of the molecule is CCC(C)NCc1nc2c([nH]1)CCc1sccc1-2. The van der Waals surface area contributed by atoms with Crippen LogP contribution in [0.15, 0.2) is 11.4 Å². The van der Waals surface area contributed by atoms with Crippen LogP contribution in [-0.4, -0.2) is 16.0 Å². The van der Waals surface area contributed by atoms with Gasteiger partial charge in [0.1, 0.15) is 5.82 Å². The number of nitrogens with one attached hydrogen (secondary N) is 2. The molecule has 2 heterocycles. The van der Waals surface area contributed by atoms with Crippen LogP contribution in [0, 0.1) is 0 Å². The molecule has 2 aromatic heterocycles. The van der Waals surface area contributed by atoms with Gasteiger partial charge in [-0.1, -0.05) is 6.92 Å². The molecule has 0 saturated heterocycles. The van der Waals surface area contributed by atoms with E-state index in [-0.39, 0.29) is 0 Å². The van der Waals surface area contributed by atoms with Gasteiger partial charge in [0.15, 0.2) is 0 Å². The Balaban J connectivity index is 1.81. The number of hydrogen-bond donors (Lipinski definition) is 2. The number of fused-ring (bicyclic) bond motifs is 3. The number of H-pyrrole nitrogens is 1. The average Bonchev–Trinajstić information content (AvgIpc) is 3.00. The molecule has 3 nitrogen and oxygen atoms in total. The first-order valence-electron chi connectivity index (χ1n) is 6.65. The molecule has 0 aliphatic heterocycles. The Kier molecular flexibility index (Phi) is 3.22. The summed E-state index contributed by atoms with van der Waals surface area (Å²) in [6.45, 7) is 5.24. The van der Waals surface area contributed by atoms with Crippen LogP contribution in [0.4, 0.5) is 0 Å². The smallest absolute Gasteiger partial charge is 0.121 e. The maximum absolute atomic E-state index is 4.76. The summed E-state index contributed by atoms with van der Waals surface area (Å²) in [6.07, 6.45) is 3.40. The van der Waals surface area contributed by atoms with Crippen LogP contribution < -0.4 is 5.32 Å². The van der Waals surface area contributed by atoms with Crippen molar-refractivity contribution in [3.8, 4) is 11.3 Å². The minimum atomic E-state index is 0.545. The maximum atomic E-state index is 4.76. The minimum Gasteiger partial charge on any atom is -0.344 e. The van der Waals surface area contributed by atoms with Crippen LogP contribution in [0.1, 0.15) is 36.7 Å². The van der Waals surface area contributed by atoms with Crippen molar-refractivity contribution >= 4 is 11.3 Å². The molecule has 1 unspecified atom stereocenters. The lowest BCUT2D eigenvalue weighted by Crippen LogP contribution is -2.24. The van der Waals surface area contributed by atoms with Crippen molar-refractivity contribution < 1.29 is 0 Å². The molecule has 1 aliphatic carbocycles. The van der Waals surface area contributed by atoms with Crippen LogP contribution in [0.2, 0.25) is 0 Å². The number of rotatable bonds is 4. The van der Waals surface area contributed by atoms with Gasteiger partial charge >= 0.3 is 0 Å². The molecule has 1 aliphatic rings. The van der Waals surface area contributed by atoms with Gasteiger partial charge in [0.2, 0.25) is 0 Å². The fourth-order valence-electron chi connectivity index (χ4n) is 2.35. The van der Waals surface area contributed by atoms with Crippen LogP contribution in [-0.2, 0) is 19.4 Å². The highest BCUT2D eigenvalue weighted by Crippen LogP contribution is 2.35. The van der Waals surface area contributed by atoms with Crippen LogP contribution in [0.3, 0.4) is 0 Å². The third-order valence-electron chi connectivity index (χ3n) is 3.66. The molecule has 3 rings (SSSR count). The van der Waals surface area contributed by atoms with E-state index in [0.29, 0.717) is 6.04 Å². The van der Waals surface area contributed by atoms with Crippen LogP contribution in [0.5, 0.6) is 0 Å². The predicted octanol–water partition coefficient (Wildman–Crippen LogP) is 3.12. The highest BCUT2D eigenvalue weighted by Gasteiger charge is 2.21. The van der Waals surface area contributed by atoms with Gasteiger partial charge in [0, 0.05) is 22.2 Å². The van der Waals surface area contributed by atoms with Crippen molar-refractivity contribution in [3.63, 3.8) is 0 Å². The monoisotopic (exact) mass is 261 g/mol. The van der Waals surface area contributed by atoms with Crippen LogP contribution in [0.25, 0.3) is 11.3 Å². The summed E-state index contributed by atoms with van der Waals surface area (Å²) in [4.78, 5) is 9.72. The van der Waals surface area contributed by atoms with Crippen molar-refractivity contribution in [3.05, 3.63) is 27.8 Å². The zero-order chi connectivity index (χ0) is 12.5. The lowest BCUT2D eigenvalue weighted by atomic mass is 10.0. The third kappa shape index (κ3) is 2.10. The molecule has 18 heavy (non-hydrogen) atoms. The van der Waals surface area contributed by atoms with Gasteiger partial charge < -0.3 is 10.3 Å². The summed E-state index contributed by atoms with van der Waals surface area (Å²) in [7, 11) is 0. The van der Waals surface area contributed by atoms with Gasteiger partial charge in [0.05, 0.1) is 12.2 Å². The normalized spacial score (nSPS) is 15.2. The molecule has 0 fully saturated rings. The average molecular weight is 261 g/mol. The molecular weight excluding hydrogens is 242 g/mol. The number of aromatic amines is 1.